The molecule has 1 saturated carbocycles. The van der Waals surface area contributed by atoms with E-state index < -0.39 is 0 Å². The van der Waals surface area contributed by atoms with Crippen molar-refractivity contribution in [3.05, 3.63) is 66.4 Å². The van der Waals surface area contributed by atoms with Crippen LogP contribution in [0.15, 0.2) is 60.8 Å². The van der Waals surface area contributed by atoms with Crippen molar-refractivity contribution >= 4 is 32.6 Å². The Balaban J connectivity index is 1.13. The summed E-state index contributed by atoms with van der Waals surface area (Å²) < 4.78 is 7.32. The third-order valence-electron chi connectivity index (χ3n) is 7.48. The lowest BCUT2D eigenvalue weighted by molar-refractivity contribution is 0.0664. The Hall–Kier alpha value is -3.49. The van der Waals surface area contributed by atoms with Crippen LogP contribution in [-0.4, -0.2) is 64.9 Å². The van der Waals surface area contributed by atoms with E-state index in [1.165, 1.54) is 32.1 Å². The third-order valence-corrected chi connectivity index (χ3v) is 8.43. The number of nitrogens with one attached hydrogen (secondary N) is 1. The van der Waals surface area contributed by atoms with E-state index in [4.69, 9.17) is 9.72 Å². The molecular formula is C30H33N5O2S. The third kappa shape index (κ3) is 5.66. The summed E-state index contributed by atoms with van der Waals surface area (Å²) in [5.41, 5.74) is 3.45. The first-order valence-corrected chi connectivity index (χ1v) is 14.3. The van der Waals surface area contributed by atoms with E-state index in [2.05, 4.69) is 28.3 Å². The molecule has 2 aliphatic rings. The molecule has 0 radical (unpaired) electrons. The smallest absolute Gasteiger partial charge is 0.253 e. The molecule has 1 aliphatic heterocycles. The zero-order valence-corrected chi connectivity index (χ0v) is 22.5. The van der Waals surface area contributed by atoms with Gasteiger partial charge in [0.05, 0.1) is 15.9 Å². The summed E-state index contributed by atoms with van der Waals surface area (Å²) in [4.78, 5) is 26.4. The van der Waals surface area contributed by atoms with Gasteiger partial charge in [-0.3, -0.25) is 9.78 Å². The molecule has 0 unspecified atom stereocenters. The van der Waals surface area contributed by atoms with Crippen molar-refractivity contribution < 1.29 is 9.53 Å². The quantitative estimate of drug-likeness (QED) is 0.318. The lowest BCUT2D eigenvalue weighted by Gasteiger charge is -2.32. The first-order chi connectivity index (χ1) is 18.6. The number of carbonyl (C=O) groups excluding carboxylic acids is 1. The van der Waals surface area contributed by atoms with Crippen LogP contribution >= 0.6 is 11.3 Å². The highest BCUT2D eigenvalue weighted by Crippen LogP contribution is 2.33. The number of benzene rings is 2. The fraction of sp³-hybridized carbons (Fsp3) is 0.367. The summed E-state index contributed by atoms with van der Waals surface area (Å²) in [6, 6.07) is 18.1. The van der Waals surface area contributed by atoms with E-state index in [1.807, 2.05) is 53.4 Å². The molecule has 6 rings (SSSR count). The summed E-state index contributed by atoms with van der Waals surface area (Å²) in [7, 11) is 2.09. The number of thiazole rings is 1. The number of aromatic nitrogens is 2. The van der Waals surface area contributed by atoms with Crippen LogP contribution in [0.1, 0.15) is 42.5 Å². The first kappa shape index (κ1) is 24.8. The average molecular weight is 528 g/mol. The molecule has 2 aromatic carbocycles. The van der Waals surface area contributed by atoms with Crippen molar-refractivity contribution in [1.82, 2.24) is 19.8 Å². The van der Waals surface area contributed by atoms with Gasteiger partial charge in [0.1, 0.15) is 11.5 Å². The standard InChI is InChI=1S/C30H33N5O2S/c1-34-15-17-35(18-16-34)29(36)22-9-7-21(8-10-22)27-19-25(13-14-31-27)37-24-11-12-26-28(20-24)38-30(33-26)32-23-5-3-2-4-6-23/h7-14,19-20,23H,2-6,15-18H2,1H3,(H,32,33). The Morgan fingerprint density at radius 2 is 1.71 bits per heavy atom. The lowest BCUT2D eigenvalue weighted by Crippen LogP contribution is -2.47. The Morgan fingerprint density at radius 3 is 2.50 bits per heavy atom. The Morgan fingerprint density at radius 1 is 0.947 bits per heavy atom. The second-order valence-electron chi connectivity index (χ2n) is 10.3. The normalized spacial score (nSPS) is 17.0. The van der Waals surface area contributed by atoms with E-state index in [-0.39, 0.29) is 5.91 Å². The fourth-order valence-electron chi connectivity index (χ4n) is 5.20. The van der Waals surface area contributed by atoms with Crippen LogP contribution in [0.4, 0.5) is 5.13 Å². The van der Waals surface area contributed by atoms with Gasteiger partial charge in [-0.2, -0.15) is 0 Å². The van der Waals surface area contributed by atoms with Gasteiger partial charge in [0, 0.05) is 61.7 Å². The number of likely N-dealkylation sites (N-methyl/N-ethyl adjacent to an activating group) is 1. The van der Waals surface area contributed by atoms with Crippen molar-refractivity contribution in [2.45, 2.75) is 38.1 Å². The molecule has 3 heterocycles. The van der Waals surface area contributed by atoms with Crippen LogP contribution in [0.3, 0.4) is 0 Å². The minimum Gasteiger partial charge on any atom is -0.457 e. The maximum Gasteiger partial charge on any atom is 0.253 e. The number of fused-ring (bicyclic) bond motifs is 1. The molecule has 1 amide bonds. The second-order valence-corrected chi connectivity index (χ2v) is 11.3. The van der Waals surface area contributed by atoms with Gasteiger partial charge in [-0.25, -0.2) is 4.98 Å². The zero-order valence-electron chi connectivity index (χ0n) is 21.7. The highest BCUT2D eigenvalue weighted by molar-refractivity contribution is 7.22. The fourth-order valence-corrected chi connectivity index (χ4v) is 6.17. The summed E-state index contributed by atoms with van der Waals surface area (Å²) in [5.74, 6) is 1.58. The van der Waals surface area contributed by atoms with Crippen LogP contribution in [0.25, 0.3) is 21.5 Å². The molecule has 2 aromatic heterocycles. The molecular weight excluding hydrogens is 494 g/mol. The maximum absolute atomic E-state index is 12.9. The van der Waals surface area contributed by atoms with E-state index in [0.29, 0.717) is 11.6 Å². The number of hydrogen-bond donors (Lipinski definition) is 1. The van der Waals surface area contributed by atoms with Crippen molar-refractivity contribution in [3.63, 3.8) is 0 Å². The molecule has 38 heavy (non-hydrogen) atoms. The molecule has 2 fully saturated rings. The van der Waals surface area contributed by atoms with Crippen LogP contribution < -0.4 is 10.1 Å². The number of carbonyl (C=O) groups is 1. The number of rotatable bonds is 6. The molecule has 0 spiro atoms. The monoisotopic (exact) mass is 527 g/mol. The van der Waals surface area contributed by atoms with Gasteiger partial charge < -0.3 is 19.9 Å². The van der Waals surface area contributed by atoms with E-state index in [1.54, 1.807) is 17.5 Å². The van der Waals surface area contributed by atoms with Gasteiger partial charge >= 0.3 is 0 Å². The van der Waals surface area contributed by atoms with Crippen molar-refractivity contribution in [2.24, 2.45) is 0 Å². The Labute approximate surface area is 227 Å². The van der Waals surface area contributed by atoms with Crippen LogP contribution in [0.2, 0.25) is 0 Å². The molecule has 1 N–H and O–H groups in total. The Bertz CT molecular complexity index is 1410. The summed E-state index contributed by atoms with van der Waals surface area (Å²) >= 11 is 1.68. The van der Waals surface area contributed by atoms with E-state index in [0.717, 1.165) is 64.3 Å². The van der Waals surface area contributed by atoms with Gasteiger partial charge in [-0.15, -0.1) is 0 Å². The topological polar surface area (TPSA) is 70.6 Å². The van der Waals surface area contributed by atoms with Gasteiger partial charge in [0.15, 0.2) is 5.13 Å². The minimum atomic E-state index is 0.0882. The van der Waals surface area contributed by atoms with Crippen LogP contribution in [-0.2, 0) is 0 Å². The number of hydrogen-bond acceptors (Lipinski definition) is 7. The number of pyridine rings is 1. The van der Waals surface area contributed by atoms with Gasteiger partial charge in [-0.1, -0.05) is 42.7 Å². The van der Waals surface area contributed by atoms with Crippen molar-refractivity contribution in [3.8, 4) is 22.8 Å². The molecule has 0 atom stereocenters. The SMILES string of the molecule is CN1CCN(C(=O)c2ccc(-c3cc(Oc4ccc5nc(NC6CCCCC6)sc5c4)ccn3)cc2)CC1. The largest absolute Gasteiger partial charge is 0.457 e. The molecule has 7 nitrogen and oxygen atoms in total. The summed E-state index contributed by atoms with van der Waals surface area (Å²) in [6.07, 6.45) is 8.15. The van der Waals surface area contributed by atoms with Crippen molar-refractivity contribution in [2.75, 3.05) is 38.5 Å². The van der Waals surface area contributed by atoms with Gasteiger partial charge in [-0.05, 0) is 50.2 Å². The van der Waals surface area contributed by atoms with E-state index >= 15 is 0 Å². The summed E-state index contributed by atoms with van der Waals surface area (Å²) in [5, 5.41) is 4.62. The molecule has 196 valence electrons. The van der Waals surface area contributed by atoms with Gasteiger partial charge in [0.2, 0.25) is 0 Å². The minimum absolute atomic E-state index is 0.0882. The van der Waals surface area contributed by atoms with Gasteiger partial charge in [0.25, 0.3) is 5.91 Å². The average Bonchev–Trinajstić information content (AvgIpc) is 3.35. The molecule has 4 aromatic rings. The number of piperazine rings is 1. The Kier molecular flexibility index (Phi) is 7.25. The summed E-state index contributed by atoms with van der Waals surface area (Å²) in [6.45, 7) is 3.36. The van der Waals surface area contributed by atoms with Crippen LogP contribution in [0.5, 0.6) is 11.5 Å². The number of amides is 1. The maximum atomic E-state index is 12.9. The predicted octanol–water partition coefficient (Wildman–Crippen LogP) is 6.28. The highest BCUT2D eigenvalue weighted by Gasteiger charge is 2.20. The van der Waals surface area contributed by atoms with Crippen molar-refractivity contribution in [1.29, 1.82) is 0 Å². The lowest BCUT2D eigenvalue weighted by atomic mass is 9.96. The number of nitrogens with zero attached hydrogens (tertiary/aromatic N) is 4. The molecule has 8 heteroatoms. The van der Waals surface area contributed by atoms with E-state index in [9.17, 15) is 4.79 Å². The molecule has 1 saturated heterocycles. The number of ether oxygens (including phenoxy) is 1. The highest BCUT2D eigenvalue weighted by atomic mass is 32.1. The molecule has 0 bridgehead atoms. The zero-order chi connectivity index (χ0) is 25.9. The second kappa shape index (κ2) is 11.1. The first-order valence-electron chi connectivity index (χ1n) is 13.5. The predicted molar refractivity (Wildman–Crippen MR) is 153 cm³/mol. The molecule has 1 aliphatic carbocycles. The van der Waals surface area contributed by atoms with Crippen LogP contribution in [0, 0.1) is 0 Å². The number of anilines is 1.